The van der Waals surface area contributed by atoms with Crippen molar-refractivity contribution in [1.29, 1.82) is 0 Å². The van der Waals surface area contributed by atoms with Crippen LogP contribution in [0.25, 0.3) is 49.1 Å². The zero-order chi connectivity index (χ0) is 19.5. The highest BCUT2D eigenvalue weighted by Crippen LogP contribution is 2.39. The number of pyridine rings is 1. The lowest BCUT2D eigenvalue weighted by molar-refractivity contribution is 1.01. The van der Waals surface area contributed by atoms with Crippen LogP contribution in [0.15, 0.2) is 85.1 Å². The highest BCUT2D eigenvalue weighted by atomic mass is 15.2. The van der Waals surface area contributed by atoms with Gasteiger partial charge in [0.1, 0.15) is 0 Å². The van der Waals surface area contributed by atoms with Crippen LogP contribution in [-0.2, 0) is 0 Å². The van der Waals surface area contributed by atoms with Crippen LogP contribution in [0.3, 0.4) is 0 Å². The summed E-state index contributed by atoms with van der Waals surface area (Å²) in [4.78, 5) is 0. The Hall–Kier alpha value is -3.65. The van der Waals surface area contributed by atoms with Gasteiger partial charge in [-0.25, -0.2) is 4.52 Å². The first-order valence-electron chi connectivity index (χ1n) is 10.00. The molecule has 2 nitrogen and oxygen atoms in total. The van der Waals surface area contributed by atoms with Gasteiger partial charge in [-0.15, -0.1) is 0 Å². The summed E-state index contributed by atoms with van der Waals surface area (Å²) in [5, 5.41) is 11.0. The second kappa shape index (κ2) is 5.92. The molecule has 2 heteroatoms. The van der Waals surface area contributed by atoms with Gasteiger partial charge >= 0.3 is 0 Å². The van der Waals surface area contributed by atoms with Crippen LogP contribution in [0.1, 0.15) is 11.1 Å². The molecule has 0 aliphatic rings. The minimum Gasteiger partial charge on any atom is -0.232 e. The summed E-state index contributed by atoms with van der Waals surface area (Å²) in [7, 11) is 0. The number of hydrogen-bond donors (Lipinski definition) is 0. The van der Waals surface area contributed by atoms with Crippen LogP contribution in [0, 0.1) is 13.8 Å². The summed E-state index contributed by atoms with van der Waals surface area (Å²) in [6.07, 6.45) is 1.90. The second-order valence-corrected chi connectivity index (χ2v) is 7.84. The van der Waals surface area contributed by atoms with Gasteiger partial charge in [0.05, 0.1) is 17.2 Å². The van der Waals surface area contributed by atoms with E-state index in [0.29, 0.717) is 0 Å². The number of aromatic nitrogens is 2. The van der Waals surface area contributed by atoms with Gasteiger partial charge in [-0.3, -0.25) is 0 Å². The maximum Gasteiger partial charge on any atom is 0.0747 e. The molecule has 0 bridgehead atoms. The molecule has 0 amide bonds. The van der Waals surface area contributed by atoms with E-state index in [4.69, 9.17) is 0 Å². The lowest BCUT2D eigenvalue weighted by atomic mass is 9.90. The zero-order valence-electron chi connectivity index (χ0n) is 16.5. The molecule has 6 rings (SSSR count). The van der Waals surface area contributed by atoms with E-state index < -0.39 is 0 Å². The van der Waals surface area contributed by atoms with E-state index in [9.17, 15) is 0 Å². The zero-order valence-corrected chi connectivity index (χ0v) is 16.5. The van der Waals surface area contributed by atoms with Crippen molar-refractivity contribution in [3.05, 3.63) is 96.2 Å². The average Bonchev–Trinajstić information content (AvgIpc) is 3.23. The van der Waals surface area contributed by atoms with Gasteiger partial charge < -0.3 is 0 Å². The van der Waals surface area contributed by atoms with E-state index in [1.54, 1.807) is 0 Å². The predicted octanol–water partition coefficient (Wildman–Crippen LogP) is 7.08. The van der Waals surface area contributed by atoms with Gasteiger partial charge in [0, 0.05) is 10.8 Å². The Labute approximate surface area is 169 Å². The molecule has 0 spiro atoms. The maximum absolute atomic E-state index is 4.67. The molecular weight excluding hydrogens is 352 g/mol. The van der Waals surface area contributed by atoms with E-state index in [1.165, 1.54) is 49.2 Å². The van der Waals surface area contributed by atoms with E-state index in [-0.39, 0.29) is 0 Å². The summed E-state index contributed by atoms with van der Waals surface area (Å²) >= 11 is 0. The highest BCUT2D eigenvalue weighted by molar-refractivity contribution is 6.20. The molecule has 0 N–H and O–H groups in total. The number of aryl methyl sites for hydroxylation is 2. The largest absolute Gasteiger partial charge is 0.232 e. The summed E-state index contributed by atoms with van der Waals surface area (Å²) < 4.78 is 2.09. The standard InChI is InChI=1S/C27H20N2/c1-17-7-5-8-18(2)26(17)21-11-6-12-25-27(21)23-16-20-10-4-3-9-19(20)15-22(23)24-13-14-28-29(24)25/h3-16H,1-2H3. The molecule has 0 unspecified atom stereocenters. The van der Waals surface area contributed by atoms with Crippen LogP contribution >= 0.6 is 0 Å². The van der Waals surface area contributed by atoms with Gasteiger partial charge in [-0.2, -0.15) is 5.10 Å². The number of benzene rings is 4. The molecule has 0 aliphatic carbocycles. The molecule has 2 heterocycles. The summed E-state index contributed by atoms with van der Waals surface area (Å²) in [5.74, 6) is 0. The second-order valence-electron chi connectivity index (χ2n) is 7.84. The summed E-state index contributed by atoms with van der Waals surface area (Å²) in [6, 6.07) is 28.5. The third-order valence-corrected chi connectivity index (χ3v) is 6.09. The molecule has 0 atom stereocenters. The predicted molar refractivity (Wildman–Crippen MR) is 123 cm³/mol. The SMILES string of the molecule is Cc1cccc(C)c1-c1cccc2c1c1cc3ccccc3cc1c1ccnn12. The Balaban J connectivity index is 1.92. The van der Waals surface area contributed by atoms with Crippen LogP contribution < -0.4 is 0 Å². The van der Waals surface area contributed by atoms with Crippen LogP contribution in [-0.4, -0.2) is 9.61 Å². The fraction of sp³-hybridized carbons (Fsp3) is 0.0741. The minimum absolute atomic E-state index is 1.15. The lowest BCUT2D eigenvalue weighted by Crippen LogP contribution is -1.96. The molecule has 0 radical (unpaired) electrons. The minimum atomic E-state index is 1.15. The lowest BCUT2D eigenvalue weighted by Gasteiger charge is -2.16. The molecule has 0 saturated heterocycles. The maximum atomic E-state index is 4.67. The van der Waals surface area contributed by atoms with Crippen molar-refractivity contribution in [2.75, 3.05) is 0 Å². The van der Waals surface area contributed by atoms with Gasteiger partial charge in [0.2, 0.25) is 0 Å². The Morgan fingerprint density at radius 1 is 0.655 bits per heavy atom. The Morgan fingerprint density at radius 3 is 2.10 bits per heavy atom. The first kappa shape index (κ1) is 16.3. The van der Waals surface area contributed by atoms with Crippen molar-refractivity contribution in [2.24, 2.45) is 0 Å². The van der Waals surface area contributed by atoms with Crippen molar-refractivity contribution in [2.45, 2.75) is 13.8 Å². The first-order valence-corrected chi connectivity index (χ1v) is 10.00. The average molecular weight is 372 g/mol. The van der Waals surface area contributed by atoms with E-state index >= 15 is 0 Å². The Bertz CT molecular complexity index is 1550. The van der Waals surface area contributed by atoms with E-state index in [2.05, 4.69) is 102 Å². The number of hydrogen-bond acceptors (Lipinski definition) is 1. The van der Waals surface area contributed by atoms with Gasteiger partial charge in [0.15, 0.2) is 0 Å². The van der Waals surface area contributed by atoms with E-state index in [1.807, 2.05) is 6.20 Å². The van der Waals surface area contributed by atoms with Gasteiger partial charge in [-0.1, -0.05) is 54.6 Å². The number of rotatable bonds is 1. The quantitative estimate of drug-likeness (QED) is 0.223. The van der Waals surface area contributed by atoms with Crippen molar-refractivity contribution in [3.63, 3.8) is 0 Å². The number of fused-ring (bicyclic) bond motifs is 7. The Kier molecular flexibility index (Phi) is 3.33. The van der Waals surface area contributed by atoms with Crippen molar-refractivity contribution in [1.82, 2.24) is 9.61 Å². The van der Waals surface area contributed by atoms with Crippen LogP contribution in [0.5, 0.6) is 0 Å². The van der Waals surface area contributed by atoms with Crippen LogP contribution in [0.2, 0.25) is 0 Å². The van der Waals surface area contributed by atoms with E-state index in [0.717, 1.165) is 11.0 Å². The van der Waals surface area contributed by atoms with Crippen molar-refractivity contribution < 1.29 is 0 Å². The smallest absolute Gasteiger partial charge is 0.0747 e. The van der Waals surface area contributed by atoms with Crippen LogP contribution in [0.4, 0.5) is 0 Å². The van der Waals surface area contributed by atoms with Gasteiger partial charge in [-0.05, 0) is 76.5 Å². The molecule has 138 valence electrons. The van der Waals surface area contributed by atoms with Crippen molar-refractivity contribution in [3.8, 4) is 11.1 Å². The fourth-order valence-electron chi connectivity index (χ4n) is 4.81. The first-order chi connectivity index (χ1) is 14.2. The molecule has 29 heavy (non-hydrogen) atoms. The molecule has 0 aliphatic heterocycles. The summed E-state index contributed by atoms with van der Waals surface area (Å²) in [6.45, 7) is 4.40. The topological polar surface area (TPSA) is 17.3 Å². The molecule has 2 aromatic heterocycles. The normalized spacial score (nSPS) is 11.8. The number of nitrogens with zero attached hydrogens (tertiary/aromatic N) is 2. The third kappa shape index (κ3) is 2.26. The molecular formula is C27H20N2. The van der Waals surface area contributed by atoms with Crippen molar-refractivity contribution >= 4 is 38.0 Å². The fourth-order valence-corrected chi connectivity index (χ4v) is 4.81. The summed E-state index contributed by atoms with van der Waals surface area (Å²) in [5.41, 5.74) is 7.48. The Morgan fingerprint density at radius 2 is 1.34 bits per heavy atom. The third-order valence-electron chi connectivity index (χ3n) is 6.09. The van der Waals surface area contributed by atoms with Gasteiger partial charge in [0.25, 0.3) is 0 Å². The molecule has 4 aromatic carbocycles. The molecule has 0 saturated carbocycles. The monoisotopic (exact) mass is 372 g/mol. The molecule has 6 aromatic rings. The highest BCUT2D eigenvalue weighted by Gasteiger charge is 2.16. The molecule has 0 fully saturated rings.